The van der Waals surface area contributed by atoms with Gasteiger partial charge in [0, 0.05) is 12.5 Å². The molecule has 1 spiro atoms. The maximum absolute atomic E-state index is 11.9. The number of hydrogen-bond donors (Lipinski definition) is 1. The predicted molar refractivity (Wildman–Crippen MR) is 75.3 cm³/mol. The molecule has 2 nitrogen and oxygen atoms in total. The Hall–Kier alpha value is -0.530. The van der Waals surface area contributed by atoms with Gasteiger partial charge in [0.2, 0.25) is 5.91 Å². The SMILES string of the molecule is CCC1CCCC2(CC1)CC(=O)NC2CC(C)C. The zero-order valence-electron chi connectivity index (χ0n) is 12.3. The molecule has 0 aromatic carbocycles. The van der Waals surface area contributed by atoms with E-state index in [0.717, 1.165) is 18.8 Å². The first-order valence-electron chi connectivity index (χ1n) is 7.85. The van der Waals surface area contributed by atoms with Gasteiger partial charge >= 0.3 is 0 Å². The van der Waals surface area contributed by atoms with Gasteiger partial charge in [-0.2, -0.15) is 0 Å². The van der Waals surface area contributed by atoms with E-state index in [0.29, 0.717) is 23.3 Å². The standard InChI is InChI=1S/C16H29NO/c1-4-13-6-5-8-16(9-7-13)11-15(18)17-14(16)10-12(2)3/h12-14H,4-11H2,1-3H3,(H,17,18). The summed E-state index contributed by atoms with van der Waals surface area (Å²) < 4.78 is 0. The van der Waals surface area contributed by atoms with E-state index in [2.05, 4.69) is 26.1 Å². The number of rotatable bonds is 3. The number of nitrogens with one attached hydrogen (secondary N) is 1. The molecule has 2 aliphatic rings. The van der Waals surface area contributed by atoms with Crippen molar-refractivity contribution >= 4 is 5.91 Å². The van der Waals surface area contributed by atoms with Crippen molar-refractivity contribution in [1.82, 2.24) is 5.32 Å². The molecule has 1 aliphatic heterocycles. The Kier molecular flexibility index (Phi) is 4.34. The van der Waals surface area contributed by atoms with Crippen LogP contribution in [0.15, 0.2) is 0 Å². The molecular weight excluding hydrogens is 222 g/mol. The third-order valence-corrected chi connectivity index (χ3v) is 5.21. The zero-order valence-corrected chi connectivity index (χ0v) is 12.3. The largest absolute Gasteiger partial charge is 0.353 e. The summed E-state index contributed by atoms with van der Waals surface area (Å²) in [5.41, 5.74) is 0.297. The highest BCUT2D eigenvalue weighted by molar-refractivity contribution is 5.80. The summed E-state index contributed by atoms with van der Waals surface area (Å²) in [5.74, 6) is 1.88. The molecule has 2 fully saturated rings. The number of amides is 1. The highest BCUT2D eigenvalue weighted by atomic mass is 16.2. The molecule has 1 aliphatic carbocycles. The summed E-state index contributed by atoms with van der Waals surface area (Å²) >= 11 is 0. The topological polar surface area (TPSA) is 29.1 Å². The molecule has 2 heteroatoms. The van der Waals surface area contributed by atoms with Crippen molar-refractivity contribution in [2.24, 2.45) is 17.3 Å². The Balaban J connectivity index is 2.09. The minimum Gasteiger partial charge on any atom is -0.353 e. The van der Waals surface area contributed by atoms with Gasteiger partial charge in [0.15, 0.2) is 0 Å². The lowest BCUT2D eigenvalue weighted by atomic mass is 9.71. The van der Waals surface area contributed by atoms with E-state index in [1.807, 2.05) is 0 Å². The second-order valence-corrected chi connectivity index (χ2v) is 6.99. The predicted octanol–water partition coefficient (Wildman–Crippen LogP) is 3.90. The van der Waals surface area contributed by atoms with Gasteiger partial charge in [-0.05, 0) is 42.9 Å². The molecule has 18 heavy (non-hydrogen) atoms. The van der Waals surface area contributed by atoms with Crippen LogP contribution in [0.25, 0.3) is 0 Å². The molecule has 1 amide bonds. The second kappa shape index (κ2) is 5.63. The fourth-order valence-electron chi connectivity index (χ4n) is 4.06. The van der Waals surface area contributed by atoms with Crippen LogP contribution in [0.5, 0.6) is 0 Å². The molecule has 1 saturated carbocycles. The average molecular weight is 251 g/mol. The van der Waals surface area contributed by atoms with Gasteiger partial charge in [-0.15, -0.1) is 0 Å². The minimum absolute atomic E-state index is 0.297. The molecule has 3 unspecified atom stereocenters. The van der Waals surface area contributed by atoms with E-state index < -0.39 is 0 Å². The van der Waals surface area contributed by atoms with E-state index in [-0.39, 0.29) is 0 Å². The van der Waals surface area contributed by atoms with E-state index in [9.17, 15) is 4.79 Å². The first kappa shape index (κ1) is 13.9. The molecule has 1 saturated heterocycles. The molecule has 0 radical (unpaired) electrons. The Morgan fingerprint density at radius 3 is 2.78 bits per heavy atom. The van der Waals surface area contributed by atoms with Gasteiger partial charge in [0.25, 0.3) is 0 Å². The minimum atomic E-state index is 0.297. The Bertz CT molecular complexity index is 299. The average Bonchev–Trinajstić information content (AvgIpc) is 2.49. The number of hydrogen-bond acceptors (Lipinski definition) is 1. The fraction of sp³-hybridized carbons (Fsp3) is 0.938. The van der Waals surface area contributed by atoms with Crippen molar-refractivity contribution in [1.29, 1.82) is 0 Å². The van der Waals surface area contributed by atoms with Crippen LogP contribution in [0.1, 0.15) is 72.1 Å². The number of carbonyl (C=O) groups is 1. The van der Waals surface area contributed by atoms with Gasteiger partial charge in [0.05, 0.1) is 0 Å². The lowest BCUT2D eigenvalue weighted by Gasteiger charge is -2.34. The highest BCUT2D eigenvalue weighted by Crippen LogP contribution is 2.47. The van der Waals surface area contributed by atoms with Crippen molar-refractivity contribution in [2.45, 2.75) is 78.2 Å². The van der Waals surface area contributed by atoms with Crippen LogP contribution in [-0.2, 0) is 4.79 Å². The smallest absolute Gasteiger partial charge is 0.220 e. The van der Waals surface area contributed by atoms with Crippen molar-refractivity contribution in [2.75, 3.05) is 0 Å². The molecule has 2 rings (SSSR count). The van der Waals surface area contributed by atoms with E-state index in [4.69, 9.17) is 0 Å². The Morgan fingerprint density at radius 1 is 1.33 bits per heavy atom. The summed E-state index contributed by atoms with van der Waals surface area (Å²) in [4.78, 5) is 11.9. The van der Waals surface area contributed by atoms with Gasteiger partial charge in [-0.1, -0.05) is 40.0 Å². The summed E-state index contributed by atoms with van der Waals surface area (Å²) in [6.07, 6.45) is 9.82. The molecule has 0 aromatic heterocycles. The lowest BCUT2D eigenvalue weighted by Crippen LogP contribution is -2.38. The van der Waals surface area contributed by atoms with Gasteiger partial charge in [-0.3, -0.25) is 4.79 Å². The molecular formula is C16H29NO. The van der Waals surface area contributed by atoms with E-state index in [1.165, 1.54) is 38.5 Å². The third-order valence-electron chi connectivity index (χ3n) is 5.21. The van der Waals surface area contributed by atoms with Gasteiger partial charge in [0.1, 0.15) is 0 Å². The van der Waals surface area contributed by atoms with Crippen LogP contribution < -0.4 is 5.32 Å². The monoisotopic (exact) mass is 251 g/mol. The molecule has 0 aromatic rings. The first-order valence-corrected chi connectivity index (χ1v) is 7.85. The molecule has 3 atom stereocenters. The zero-order chi connectivity index (χ0) is 13.2. The summed E-state index contributed by atoms with van der Waals surface area (Å²) in [7, 11) is 0. The van der Waals surface area contributed by atoms with Gasteiger partial charge < -0.3 is 5.32 Å². The molecule has 0 bridgehead atoms. The van der Waals surface area contributed by atoms with Crippen molar-refractivity contribution in [3.63, 3.8) is 0 Å². The van der Waals surface area contributed by atoms with Crippen molar-refractivity contribution in [3.8, 4) is 0 Å². The van der Waals surface area contributed by atoms with E-state index >= 15 is 0 Å². The summed E-state index contributed by atoms with van der Waals surface area (Å²) in [6, 6.07) is 0.445. The first-order chi connectivity index (χ1) is 8.55. The van der Waals surface area contributed by atoms with Crippen LogP contribution >= 0.6 is 0 Å². The Labute approximate surface area is 112 Å². The van der Waals surface area contributed by atoms with Crippen molar-refractivity contribution in [3.05, 3.63) is 0 Å². The maximum Gasteiger partial charge on any atom is 0.220 e. The van der Waals surface area contributed by atoms with Crippen molar-refractivity contribution < 1.29 is 4.79 Å². The van der Waals surface area contributed by atoms with Crippen LogP contribution in [0, 0.1) is 17.3 Å². The van der Waals surface area contributed by atoms with Crippen LogP contribution in [0.3, 0.4) is 0 Å². The lowest BCUT2D eigenvalue weighted by molar-refractivity contribution is -0.119. The quantitative estimate of drug-likeness (QED) is 0.810. The highest BCUT2D eigenvalue weighted by Gasteiger charge is 2.46. The van der Waals surface area contributed by atoms with Crippen LogP contribution in [0.2, 0.25) is 0 Å². The van der Waals surface area contributed by atoms with Gasteiger partial charge in [-0.25, -0.2) is 0 Å². The molecule has 1 heterocycles. The maximum atomic E-state index is 11.9. The summed E-state index contributed by atoms with van der Waals surface area (Å²) in [6.45, 7) is 6.85. The third kappa shape index (κ3) is 2.89. The summed E-state index contributed by atoms with van der Waals surface area (Å²) in [5, 5.41) is 3.27. The molecule has 104 valence electrons. The Morgan fingerprint density at radius 2 is 2.11 bits per heavy atom. The second-order valence-electron chi connectivity index (χ2n) is 6.99. The van der Waals surface area contributed by atoms with E-state index in [1.54, 1.807) is 0 Å². The van der Waals surface area contributed by atoms with Crippen LogP contribution in [-0.4, -0.2) is 11.9 Å². The molecule has 1 N–H and O–H groups in total. The number of carbonyl (C=O) groups excluding carboxylic acids is 1. The fourth-order valence-corrected chi connectivity index (χ4v) is 4.06. The normalized spacial score (nSPS) is 37.0. The van der Waals surface area contributed by atoms with Crippen LogP contribution in [0.4, 0.5) is 0 Å².